The summed E-state index contributed by atoms with van der Waals surface area (Å²) in [6.07, 6.45) is 0. The molecule has 0 amide bonds. The number of hydrogen-bond donors (Lipinski definition) is 1. The van der Waals surface area contributed by atoms with Crippen molar-refractivity contribution in [3.63, 3.8) is 0 Å². The molecule has 1 aliphatic rings. The maximum absolute atomic E-state index is 5.70. The van der Waals surface area contributed by atoms with Gasteiger partial charge in [-0.05, 0) is 46.9 Å². The number of anilines is 1. The average molecular weight is 367 g/mol. The largest absolute Gasteiger partial charge is 0.486 e. The van der Waals surface area contributed by atoms with E-state index in [0.717, 1.165) is 29.3 Å². The van der Waals surface area contributed by atoms with E-state index in [2.05, 4.69) is 52.2 Å². The van der Waals surface area contributed by atoms with Crippen LogP contribution in [-0.4, -0.2) is 13.2 Å². The number of fused-ring (bicyclic) bond motifs is 1. The van der Waals surface area contributed by atoms with Gasteiger partial charge in [-0.25, -0.2) is 0 Å². The predicted octanol–water partition coefficient (Wildman–Crippen LogP) is 3.67. The van der Waals surface area contributed by atoms with E-state index in [0.29, 0.717) is 13.2 Å². The van der Waals surface area contributed by atoms with Crippen molar-refractivity contribution in [1.29, 1.82) is 0 Å². The minimum atomic E-state index is 0.618. The molecular formula is C15H14INO2. The van der Waals surface area contributed by atoms with Gasteiger partial charge in [0.25, 0.3) is 0 Å². The summed E-state index contributed by atoms with van der Waals surface area (Å²) in [7, 11) is 0. The first-order valence-corrected chi connectivity index (χ1v) is 7.28. The fraction of sp³-hybridized carbons (Fsp3) is 0.200. The monoisotopic (exact) mass is 367 g/mol. The third kappa shape index (κ3) is 2.94. The summed E-state index contributed by atoms with van der Waals surface area (Å²) in [6, 6.07) is 14.3. The quantitative estimate of drug-likeness (QED) is 0.840. The molecular weight excluding hydrogens is 353 g/mol. The summed E-state index contributed by atoms with van der Waals surface area (Å²) < 4.78 is 12.5. The van der Waals surface area contributed by atoms with Gasteiger partial charge in [0.2, 0.25) is 0 Å². The number of benzene rings is 2. The van der Waals surface area contributed by atoms with Gasteiger partial charge >= 0.3 is 0 Å². The van der Waals surface area contributed by atoms with Gasteiger partial charge in [0.1, 0.15) is 13.2 Å². The van der Waals surface area contributed by atoms with Crippen LogP contribution in [0, 0.1) is 3.57 Å². The first-order chi connectivity index (χ1) is 9.33. The van der Waals surface area contributed by atoms with Gasteiger partial charge in [0, 0.05) is 21.4 Å². The Hall–Kier alpha value is -1.43. The zero-order chi connectivity index (χ0) is 13.1. The fourth-order valence-electron chi connectivity index (χ4n) is 2.07. The molecule has 1 N–H and O–H groups in total. The van der Waals surface area contributed by atoms with E-state index in [9.17, 15) is 0 Å². The molecule has 2 aromatic carbocycles. The standard InChI is InChI=1S/C15H14INO2/c16-12-4-2-5-13(9-12)17-10-11-3-1-6-14-15(11)19-8-7-18-14/h1-6,9,17H,7-8,10H2. The lowest BCUT2D eigenvalue weighted by atomic mass is 10.1. The van der Waals surface area contributed by atoms with Crippen molar-refractivity contribution in [2.75, 3.05) is 18.5 Å². The molecule has 2 aromatic rings. The van der Waals surface area contributed by atoms with E-state index >= 15 is 0 Å². The third-order valence-electron chi connectivity index (χ3n) is 2.96. The molecule has 1 heterocycles. The lowest BCUT2D eigenvalue weighted by Gasteiger charge is -2.21. The van der Waals surface area contributed by atoms with Gasteiger partial charge in [-0.3, -0.25) is 0 Å². The van der Waals surface area contributed by atoms with Crippen molar-refractivity contribution >= 4 is 28.3 Å². The van der Waals surface area contributed by atoms with E-state index in [-0.39, 0.29) is 0 Å². The molecule has 0 spiro atoms. The van der Waals surface area contributed by atoms with Crippen LogP contribution in [-0.2, 0) is 6.54 Å². The highest BCUT2D eigenvalue weighted by Crippen LogP contribution is 2.33. The van der Waals surface area contributed by atoms with Crippen molar-refractivity contribution in [2.45, 2.75) is 6.54 Å². The second-order valence-corrected chi connectivity index (χ2v) is 5.55. The minimum absolute atomic E-state index is 0.618. The first kappa shape index (κ1) is 12.6. The van der Waals surface area contributed by atoms with Crippen molar-refractivity contribution in [3.8, 4) is 11.5 Å². The molecule has 0 bridgehead atoms. The van der Waals surface area contributed by atoms with Gasteiger partial charge in [0.15, 0.2) is 11.5 Å². The molecule has 98 valence electrons. The van der Waals surface area contributed by atoms with Crippen LogP contribution in [0.3, 0.4) is 0 Å². The van der Waals surface area contributed by atoms with E-state index < -0.39 is 0 Å². The van der Waals surface area contributed by atoms with Gasteiger partial charge in [0.05, 0.1) is 0 Å². The highest BCUT2D eigenvalue weighted by molar-refractivity contribution is 14.1. The van der Waals surface area contributed by atoms with E-state index in [1.807, 2.05) is 18.2 Å². The van der Waals surface area contributed by atoms with E-state index in [1.165, 1.54) is 3.57 Å². The van der Waals surface area contributed by atoms with Crippen LogP contribution in [0.1, 0.15) is 5.56 Å². The summed E-state index contributed by atoms with van der Waals surface area (Å²) >= 11 is 2.31. The molecule has 4 heteroatoms. The maximum atomic E-state index is 5.70. The molecule has 0 radical (unpaired) electrons. The number of rotatable bonds is 3. The summed E-state index contributed by atoms with van der Waals surface area (Å²) in [5.41, 5.74) is 2.23. The normalized spacial score (nSPS) is 13.1. The van der Waals surface area contributed by atoms with Crippen LogP contribution in [0.5, 0.6) is 11.5 Å². The molecule has 0 aromatic heterocycles. The number of hydrogen-bond acceptors (Lipinski definition) is 3. The highest BCUT2D eigenvalue weighted by atomic mass is 127. The smallest absolute Gasteiger partial charge is 0.166 e. The Bertz CT molecular complexity index is 586. The zero-order valence-electron chi connectivity index (χ0n) is 10.4. The number of ether oxygens (including phenoxy) is 2. The van der Waals surface area contributed by atoms with Gasteiger partial charge in [-0.2, -0.15) is 0 Å². The average Bonchev–Trinajstić information content (AvgIpc) is 2.45. The maximum Gasteiger partial charge on any atom is 0.166 e. The van der Waals surface area contributed by atoms with Crippen molar-refractivity contribution < 1.29 is 9.47 Å². The number of para-hydroxylation sites is 1. The summed E-state index contributed by atoms with van der Waals surface area (Å²) in [5, 5.41) is 3.41. The molecule has 1 aliphatic heterocycles. The molecule has 0 atom stereocenters. The summed E-state index contributed by atoms with van der Waals surface area (Å²) in [6.45, 7) is 1.97. The Balaban J connectivity index is 1.77. The Morgan fingerprint density at radius 3 is 2.79 bits per heavy atom. The molecule has 0 saturated carbocycles. The minimum Gasteiger partial charge on any atom is -0.486 e. The number of nitrogens with one attached hydrogen (secondary N) is 1. The van der Waals surface area contributed by atoms with Crippen LogP contribution < -0.4 is 14.8 Å². The molecule has 3 nitrogen and oxygen atoms in total. The van der Waals surface area contributed by atoms with Crippen molar-refractivity contribution in [1.82, 2.24) is 0 Å². The fourth-order valence-corrected chi connectivity index (χ4v) is 2.61. The van der Waals surface area contributed by atoms with Crippen LogP contribution in [0.25, 0.3) is 0 Å². The van der Waals surface area contributed by atoms with Gasteiger partial charge in [-0.15, -0.1) is 0 Å². The molecule has 3 rings (SSSR count). The molecule has 0 aliphatic carbocycles. The Morgan fingerprint density at radius 1 is 1.05 bits per heavy atom. The second-order valence-electron chi connectivity index (χ2n) is 4.31. The lowest BCUT2D eigenvalue weighted by molar-refractivity contribution is 0.170. The van der Waals surface area contributed by atoms with Gasteiger partial charge in [-0.1, -0.05) is 18.2 Å². The Morgan fingerprint density at radius 2 is 1.89 bits per heavy atom. The van der Waals surface area contributed by atoms with Gasteiger partial charge < -0.3 is 14.8 Å². The molecule has 19 heavy (non-hydrogen) atoms. The number of halogens is 1. The molecule has 0 fully saturated rings. The lowest BCUT2D eigenvalue weighted by Crippen LogP contribution is -2.17. The third-order valence-corrected chi connectivity index (χ3v) is 3.63. The zero-order valence-corrected chi connectivity index (χ0v) is 12.5. The molecule has 0 unspecified atom stereocenters. The molecule has 0 saturated heterocycles. The Labute approximate surface area is 126 Å². The van der Waals surface area contributed by atoms with Crippen LogP contribution >= 0.6 is 22.6 Å². The second kappa shape index (κ2) is 5.69. The summed E-state index contributed by atoms with van der Waals surface area (Å²) in [5.74, 6) is 1.71. The SMILES string of the molecule is Ic1cccc(NCc2cccc3c2OCCO3)c1. The van der Waals surface area contributed by atoms with Crippen LogP contribution in [0.15, 0.2) is 42.5 Å². The van der Waals surface area contributed by atoms with Crippen LogP contribution in [0.4, 0.5) is 5.69 Å². The Kier molecular flexibility index (Phi) is 3.77. The van der Waals surface area contributed by atoms with Crippen LogP contribution in [0.2, 0.25) is 0 Å². The van der Waals surface area contributed by atoms with Crippen molar-refractivity contribution in [3.05, 3.63) is 51.6 Å². The highest BCUT2D eigenvalue weighted by Gasteiger charge is 2.14. The predicted molar refractivity (Wildman–Crippen MR) is 83.9 cm³/mol. The topological polar surface area (TPSA) is 30.5 Å². The van der Waals surface area contributed by atoms with E-state index in [1.54, 1.807) is 0 Å². The van der Waals surface area contributed by atoms with E-state index in [4.69, 9.17) is 9.47 Å². The first-order valence-electron chi connectivity index (χ1n) is 6.20. The van der Waals surface area contributed by atoms with Crippen molar-refractivity contribution in [2.24, 2.45) is 0 Å². The summed E-state index contributed by atoms with van der Waals surface area (Å²) in [4.78, 5) is 0.